The van der Waals surface area contributed by atoms with Crippen LogP contribution in [0.3, 0.4) is 0 Å². The molecule has 0 saturated carbocycles. The highest BCUT2D eigenvalue weighted by Gasteiger charge is 2.39. The largest absolute Gasteiger partial charge is 0.508 e. The van der Waals surface area contributed by atoms with E-state index in [2.05, 4.69) is 19.9 Å². The number of halogens is 3. The number of fused-ring (bicyclic) bond motifs is 2. The number of carbonyl (C=O) groups is 2. The lowest BCUT2D eigenvalue weighted by Crippen LogP contribution is -2.28. The third-order valence-electron chi connectivity index (χ3n) is 7.29. The van der Waals surface area contributed by atoms with E-state index in [1.807, 2.05) is 6.92 Å². The molecule has 4 heterocycles. The number of phenols is 1. The van der Waals surface area contributed by atoms with Gasteiger partial charge in [0.25, 0.3) is 0 Å². The summed E-state index contributed by atoms with van der Waals surface area (Å²) in [4.78, 5) is 38.2. The van der Waals surface area contributed by atoms with Crippen molar-refractivity contribution >= 4 is 71.9 Å². The molecule has 2 aliphatic rings. The van der Waals surface area contributed by atoms with Gasteiger partial charge < -0.3 is 38.7 Å². The molecule has 6 rings (SSSR count). The molecule has 2 unspecified atom stereocenters. The molecule has 0 aliphatic carbocycles. The Morgan fingerprint density at radius 2 is 1.29 bits per heavy atom. The van der Waals surface area contributed by atoms with E-state index in [1.54, 1.807) is 51.1 Å². The molecule has 2 aliphatic heterocycles. The first kappa shape index (κ1) is 39.8. The molecule has 0 radical (unpaired) electrons. The predicted molar refractivity (Wildman–Crippen MR) is 189 cm³/mol. The summed E-state index contributed by atoms with van der Waals surface area (Å²) < 4.78 is 26.3. The van der Waals surface area contributed by atoms with Gasteiger partial charge in [-0.2, -0.15) is 4.98 Å². The number of hydrogen-bond acceptors (Lipinski definition) is 14. The van der Waals surface area contributed by atoms with E-state index < -0.39 is 26.4 Å². The standard InChI is InChI=1S/C16H16BClN2O5.C12H15BO5.C4H2Cl2N2/c1-3-23-14(21)8-12-15-9(2)6-10(7-11(15)17(22)25-12)24-13-4-5-19-16(18)20-13;1-3-17-11(15)6-10-12-7(2)4-8(14)5-9(12)13(16)18-10;5-3-1-2-7-4(6)8-3/h4-7,12,22H,3,8H2,1-2H3;4-5,10,14,16H,3,6H2,1-2H3;1-2H. The van der Waals surface area contributed by atoms with Crippen molar-refractivity contribution in [2.75, 3.05) is 13.2 Å². The van der Waals surface area contributed by atoms with Crippen LogP contribution in [-0.2, 0) is 28.4 Å². The van der Waals surface area contributed by atoms with E-state index in [4.69, 9.17) is 58.3 Å². The Morgan fingerprint density at radius 3 is 1.78 bits per heavy atom. The second-order valence-electron chi connectivity index (χ2n) is 10.9. The minimum Gasteiger partial charge on any atom is -0.508 e. The zero-order chi connectivity index (χ0) is 37.2. The van der Waals surface area contributed by atoms with Crippen molar-refractivity contribution in [3.05, 3.63) is 86.8 Å². The molecule has 2 aromatic carbocycles. The Hall–Kier alpha value is -4.02. The number of ether oxygens (including phenoxy) is 3. The molecule has 2 aromatic heterocycles. The van der Waals surface area contributed by atoms with Gasteiger partial charge in [-0.3, -0.25) is 9.59 Å². The fraction of sp³-hybridized carbons (Fsp3) is 0.312. The summed E-state index contributed by atoms with van der Waals surface area (Å²) in [5, 5.41) is 30.0. The first-order valence-corrected chi connectivity index (χ1v) is 16.7. The fourth-order valence-corrected chi connectivity index (χ4v) is 5.86. The molecule has 0 amide bonds. The lowest BCUT2D eigenvalue weighted by molar-refractivity contribution is -0.146. The van der Waals surface area contributed by atoms with Gasteiger partial charge in [0.05, 0.1) is 38.3 Å². The SMILES string of the molecule is CCOC(=O)CC1OB(O)c2cc(O)cc(C)c21.CCOC(=O)CC1OB(O)c2cc(Oc3ccnc(Cl)n3)cc(C)c21.Clc1ccnc(Cl)n1. The molecule has 4 aromatic rings. The minimum atomic E-state index is -1.13. The lowest BCUT2D eigenvalue weighted by Gasteiger charge is -2.14. The normalized spacial score (nSPS) is 15.5. The van der Waals surface area contributed by atoms with Crippen molar-refractivity contribution in [1.29, 1.82) is 0 Å². The Morgan fingerprint density at radius 1 is 0.784 bits per heavy atom. The molecule has 0 spiro atoms. The highest BCUT2D eigenvalue weighted by Crippen LogP contribution is 2.34. The first-order chi connectivity index (χ1) is 24.3. The highest BCUT2D eigenvalue weighted by molar-refractivity contribution is 6.62. The van der Waals surface area contributed by atoms with Gasteiger partial charge in [0.1, 0.15) is 16.7 Å². The number of rotatable bonds is 8. The highest BCUT2D eigenvalue weighted by atomic mass is 35.5. The number of nitrogens with zero attached hydrogens (tertiary/aromatic N) is 4. The molecule has 268 valence electrons. The van der Waals surface area contributed by atoms with Crippen LogP contribution in [0.4, 0.5) is 0 Å². The van der Waals surface area contributed by atoms with Crippen LogP contribution < -0.4 is 15.7 Å². The van der Waals surface area contributed by atoms with Crippen molar-refractivity contribution in [3.8, 4) is 17.4 Å². The fourth-order valence-electron chi connectivity index (χ4n) is 5.39. The topological polar surface area (TPSA) is 193 Å². The van der Waals surface area contributed by atoms with Crippen molar-refractivity contribution in [2.24, 2.45) is 0 Å². The third kappa shape index (κ3) is 11.0. The van der Waals surface area contributed by atoms with Crippen LogP contribution in [0.2, 0.25) is 15.7 Å². The maximum atomic E-state index is 11.7. The van der Waals surface area contributed by atoms with Crippen LogP contribution in [0.1, 0.15) is 61.2 Å². The van der Waals surface area contributed by atoms with E-state index in [0.29, 0.717) is 35.0 Å². The van der Waals surface area contributed by atoms with Crippen LogP contribution in [0.5, 0.6) is 17.4 Å². The van der Waals surface area contributed by atoms with Gasteiger partial charge >= 0.3 is 26.2 Å². The Labute approximate surface area is 309 Å². The maximum absolute atomic E-state index is 11.7. The van der Waals surface area contributed by atoms with Crippen molar-refractivity contribution in [3.63, 3.8) is 0 Å². The van der Waals surface area contributed by atoms with E-state index in [1.165, 1.54) is 18.5 Å². The van der Waals surface area contributed by atoms with Gasteiger partial charge in [0, 0.05) is 18.5 Å². The Bertz CT molecular complexity index is 1840. The van der Waals surface area contributed by atoms with Gasteiger partial charge in [0.2, 0.25) is 16.4 Å². The molecule has 0 bridgehead atoms. The molecule has 19 heteroatoms. The zero-order valence-corrected chi connectivity index (χ0v) is 30.1. The summed E-state index contributed by atoms with van der Waals surface area (Å²) in [6.45, 7) is 7.75. The number of aryl methyl sites for hydroxylation is 2. The van der Waals surface area contributed by atoms with Gasteiger partial charge in [-0.05, 0) is 114 Å². The van der Waals surface area contributed by atoms with Gasteiger partial charge in [-0.15, -0.1) is 0 Å². The van der Waals surface area contributed by atoms with Crippen LogP contribution in [0, 0.1) is 13.8 Å². The van der Waals surface area contributed by atoms with Gasteiger partial charge in [-0.1, -0.05) is 11.6 Å². The van der Waals surface area contributed by atoms with E-state index >= 15 is 0 Å². The zero-order valence-electron chi connectivity index (χ0n) is 27.9. The van der Waals surface area contributed by atoms with E-state index in [-0.39, 0.29) is 47.0 Å². The van der Waals surface area contributed by atoms with Gasteiger partial charge in [0.15, 0.2) is 0 Å². The summed E-state index contributed by atoms with van der Waals surface area (Å²) in [5.74, 6) is 0.102. The molecule has 2 atom stereocenters. The summed E-state index contributed by atoms with van der Waals surface area (Å²) in [6.07, 6.45) is 2.01. The molecular weight excluding hydrogens is 728 g/mol. The van der Waals surface area contributed by atoms with Crippen LogP contribution >= 0.6 is 34.8 Å². The second kappa shape index (κ2) is 18.5. The Kier molecular flexibility index (Phi) is 14.4. The van der Waals surface area contributed by atoms with E-state index in [0.717, 1.165) is 22.3 Å². The second-order valence-corrected chi connectivity index (χ2v) is 12.0. The average Bonchev–Trinajstić information content (AvgIpc) is 3.52. The minimum absolute atomic E-state index is 0.0421. The number of benzene rings is 2. The van der Waals surface area contributed by atoms with Crippen molar-refractivity contribution in [1.82, 2.24) is 19.9 Å². The monoisotopic (exact) mass is 760 g/mol. The summed E-state index contributed by atoms with van der Waals surface area (Å²) in [7, 11) is -2.24. The third-order valence-corrected chi connectivity index (χ3v) is 7.86. The van der Waals surface area contributed by atoms with Gasteiger partial charge in [-0.25, -0.2) is 15.0 Å². The number of phenolic OH excluding ortho intramolecular Hbond substituents is 1. The lowest BCUT2D eigenvalue weighted by atomic mass is 9.77. The first-order valence-electron chi connectivity index (χ1n) is 15.6. The molecule has 0 saturated heterocycles. The number of hydrogen-bond donors (Lipinski definition) is 3. The molecule has 0 fully saturated rings. The number of carbonyl (C=O) groups excluding carboxylic acids is 2. The van der Waals surface area contributed by atoms with Crippen molar-refractivity contribution < 1.29 is 48.3 Å². The Balaban J connectivity index is 0.000000194. The number of aromatic hydroxyl groups is 1. The van der Waals surface area contributed by atoms with Crippen molar-refractivity contribution in [2.45, 2.75) is 52.7 Å². The number of esters is 2. The number of aromatic nitrogens is 4. The van der Waals surface area contributed by atoms with Crippen LogP contribution in [-0.4, -0.2) is 74.5 Å². The smallest absolute Gasteiger partial charge is 0.492 e. The summed E-state index contributed by atoms with van der Waals surface area (Å²) >= 11 is 16.5. The van der Waals surface area contributed by atoms with Crippen LogP contribution in [0.15, 0.2) is 48.8 Å². The predicted octanol–water partition coefficient (Wildman–Crippen LogP) is 4.14. The summed E-state index contributed by atoms with van der Waals surface area (Å²) in [5.41, 5.74) is 4.22. The van der Waals surface area contributed by atoms with E-state index in [9.17, 15) is 24.7 Å². The quantitative estimate of drug-likeness (QED) is 0.100. The molecule has 3 N–H and O–H groups in total. The summed E-state index contributed by atoms with van der Waals surface area (Å²) in [6, 6.07) is 9.62. The van der Waals surface area contributed by atoms with Crippen LogP contribution in [0.25, 0.3) is 0 Å². The molecule has 14 nitrogen and oxygen atoms in total. The maximum Gasteiger partial charge on any atom is 0.492 e. The molecule has 51 heavy (non-hydrogen) atoms. The average molecular weight is 762 g/mol. The molecular formula is C32H33B2Cl3N4O10.